The van der Waals surface area contributed by atoms with E-state index in [1.165, 1.54) is 12.8 Å². The molecular weight excluding hydrogens is 322 g/mol. The minimum atomic E-state index is 0.173. The standard InChI is InChI=1S/C21H23N5/c22-13-15-9-11-16(12-10-15)14-26-20-8-4-3-7-19(20)25-21(26)24-18-6-2-1-5-17(18)23/h3-4,7-12,17-18H,1-2,5-6,14,23H2,(H,24,25)/t17-,18+/m0/s1. The number of hydrogen-bond acceptors (Lipinski definition) is 4. The van der Waals surface area contributed by atoms with Gasteiger partial charge in [-0.2, -0.15) is 5.26 Å². The lowest BCUT2D eigenvalue weighted by atomic mass is 9.91. The van der Waals surface area contributed by atoms with E-state index >= 15 is 0 Å². The zero-order valence-electron chi connectivity index (χ0n) is 14.7. The molecule has 0 radical (unpaired) electrons. The Morgan fingerprint density at radius 3 is 2.65 bits per heavy atom. The Bertz CT molecular complexity index is 935. The number of nitrogens with one attached hydrogen (secondary N) is 1. The van der Waals surface area contributed by atoms with Gasteiger partial charge in [-0.25, -0.2) is 4.98 Å². The summed E-state index contributed by atoms with van der Waals surface area (Å²) in [6.07, 6.45) is 4.57. The molecule has 3 aromatic rings. The van der Waals surface area contributed by atoms with E-state index in [2.05, 4.69) is 22.0 Å². The second kappa shape index (κ2) is 7.19. The van der Waals surface area contributed by atoms with Crippen LogP contribution in [0.5, 0.6) is 0 Å². The Balaban J connectivity index is 1.68. The van der Waals surface area contributed by atoms with Crippen molar-refractivity contribution in [2.75, 3.05) is 5.32 Å². The highest BCUT2D eigenvalue weighted by molar-refractivity contribution is 5.78. The number of nitrogens with two attached hydrogens (primary N) is 1. The second-order valence-electron chi connectivity index (χ2n) is 7.02. The normalized spacial score (nSPS) is 20.0. The van der Waals surface area contributed by atoms with Gasteiger partial charge in [-0.1, -0.05) is 37.1 Å². The second-order valence-corrected chi connectivity index (χ2v) is 7.02. The highest BCUT2D eigenvalue weighted by Crippen LogP contribution is 2.25. The van der Waals surface area contributed by atoms with Crippen molar-refractivity contribution in [2.24, 2.45) is 5.73 Å². The number of imidazole rings is 1. The van der Waals surface area contributed by atoms with Crippen LogP contribution in [0.3, 0.4) is 0 Å². The highest BCUT2D eigenvalue weighted by atomic mass is 15.2. The van der Waals surface area contributed by atoms with Gasteiger partial charge in [0.2, 0.25) is 5.95 Å². The van der Waals surface area contributed by atoms with Crippen LogP contribution in [-0.2, 0) is 6.54 Å². The molecule has 2 atom stereocenters. The van der Waals surface area contributed by atoms with Crippen LogP contribution in [0.25, 0.3) is 11.0 Å². The number of hydrogen-bond donors (Lipinski definition) is 2. The van der Waals surface area contributed by atoms with Gasteiger partial charge in [0.15, 0.2) is 0 Å². The third-order valence-electron chi connectivity index (χ3n) is 5.21. The number of benzene rings is 2. The van der Waals surface area contributed by atoms with Gasteiger partial charge in [0.25, 0.3) is 0 Å². The first-order chi connectivity index (χ1) is 12.7. The molecule has 0 spiro atoms. The molecule has 3 N–H and O–H groups in total. The minimum Gasteiger partial charge on any atom is -0.351 e. The monoisotopic (exact) mass is 345 g/mol. The van der Waals surface area contributed by atoms with Crippen molar-refractivity contribution in [1.29, 1.82) is 5.26 Å². The zero-order valence-corrected chi connectivity index (χ0v) is 14.7. The quantitative estimate of drug-likeness (QED) is 0.756. The summed E-state index contributed by atoms with van der Waals surface area (Å²) in [5, 5.41) is 12.6. The van der Waals surface area contributed by atoms with E-state index in [1.54, 1.807) is 0 Å². The topological polar surface area (TPSA) is 79.7 Å². The Kier molecular flexibility index (Phi) is 4.59. The Labute approximate surface area is 153 Å². The molecule has 4 rings (SSSR count). The maximum Gasteiger partial charge on any atom is 0.204 e. The number of aromatic nitrogens is 2. The number of para-hydroxylation sites is 2. The fourth-order valence-corrected chi connectivity index (χ4v) is 3.72. The predicted molar refractivity (Wildman–Crippen MR) is 104 cm³/mol. The van der Waals surface area contributed by atoms with Crippen molar-refractivity contribution < 1.29 is 0 Å². The molecular formula is C21H23N5. The molecule has 132 valence electrons. The van der Waals surface area contributed by atoms with E-state index < -0.39 is 0 Å². The lowest BCUT2D eigenvalue weighted by Gasteiger charge is -2.29. The number of anilines is 1. The van der Waals surface area contributed by atoms with E-state index in [-0.39, 0.29) is 12.1 Å². The van der Waals surface area contributed by atoms with Crippen LogP contribution in [0.4, 0.5) is 5.95 Å². The van der Waals surface area contributed by atoms with Gasteiger partial charge in [-0.3, -0.25) is 0 Å². The molecule has 1 aromatic heterocycles. The zero-order chi connectivity index (χ0) is 17.9. The van der Waals surface area contributed by atoms with E-state index in [4.69, 9.17) is 16.0 Å². The first-order valence-electron chi connectivity index (χ1n) is 9.21. The van der Waals surface area contributed by atoms with Crippen LogP contribution in [0, 0.1) is 11.3 Å². The Morgan fingerprint density at radius 1 is 1.12 bits per heavy atom. The van der Waals surface area contributed by atoms with E-state index in [0.29, 0.717) is 12.1 Å². The van der Waals surface area contributed by atoms with Crippen molar-refractivity contribution in [1.82, 2.24) is 9.55 Å². The smallest absolute Gasteiger partial charge is 0.204 e. The molecule has 0 amide bonds. The Hall–Kier alpha value is -2.84. The summed E-state index contributed by atoms with van der Waals surface area (Å²) in [6.45, 7) is 0.705. The minimum absolute atomic E-state index is 0.173. The molecule has 0 unspecified atom stereocenters. The number of rotatable bonds is 4. The van der Waals surface area contributed by atoms with E-state index in [1.807, 2.05) is 42.5 Å². The molecule has 26 heavy (non-hydrogen) atoms. The molecule has 1 fully saturated rings. The maximum atomic E-state index is 8.99. The summed E-state index contributed by atoms with van der Waals surface area (Å²) < 4.78 is 2.21. The first-order valence-corrected chi connectivity index (χ1v) is 9.21. The van der Waals surface area contributed by atoms with Crippen molar-refractivity contribution in [3.63, 3.8) is 0 Å². The van der Waals surface area contributed by atoms with Crippen molar-refractivity contribution in [3.05, 3.63) is 59.7 Å². The molecule has 5 heteroatoms. The Morgan fingerprint density at radius 2 is 1.88 bits per heavy atom. The fourth-order valence-electron chi connectivity index (χ4n) is 3.72. The first kappa shape index (κ1) is 16.6. The molecule has 2 aromatic carbocycles. The van der Waals surface area contributed by atoms with Crippen LogP contribution in [-0.4, -0.2) is 21.6 Å². The summed E-state index contributed by atoms with van der Waals surface area (Å²) in [5.74, 6) is 0.873. The van der Waals surface area contributed by atoms with Crippen LogP contribution in [0.2, 0.25) is 0 Å². The van der Waals surface area contributed by atoms with Crippen molar-refractivity contribution >= 4 is 17.0 Å². The predicted octanol–water partition coefficient (Wildman–Crippen LogP) is 3.64. The third-order valence-corrected chi connectivity index (χ3v) is 5.21. The molecule has 0 bridgehead atoms. The largest absolute Gasteiger partial charge is 0.351 e. The molecule has 0 saturated heterocycles. The molecule has 5 nitrogen and oxygen atoms in total. The van der Waals surface area contributed by atoms with E-state index in [0.717, 1.165) is 35.4 Å². The summed E-state index contributed by atoms with van der Waals surface area (Å²) in [4.78, 5) is 4.82. The number of nitriles is 1. The van der Waals surface area contributed by atoms with Crippen molar-refractivity contribution in [2.45, 2.75) is 44.3 Å². The van der Waals surface area contributed by atoms with Gasteiger partial charge >= 0.3 is 0 Å². The molecule has 1 aliphatic carbocycles. The molecule has 1 aliphatic rings. The van der Waals surface area contributed by atoms with Crippen LogP contribution >= 0.6 is 0 Å². The average Bonchev–Trinajstić information content (AvgIpc) is 3.01. The van der Waals surface area contributed by atoms with Crippen molar-refractivity contribution in [3.8, 4) is 6.07 Å². The van der Waals surface area contributed by atoms with Gasteiger partial charge in [0.05, 0.1) is 29.2 Å². The third kappa shape index (κ3) is 3.29. The van der Waals surface area contributed by atoms with Gasteiger partial charge in [-0.05, 0) is 42.7 Å². The lowest BCUT2D eigenvalue weighted by molar-refractivity contribution is 0.401. The highest BCUT2D eigenvalue weighted by Gasteiger charge is 2.23. The molecule has 1 heterocycles. The summed E-state index contributed by atoms with van der Waals surface area (Å²) in [5.41, 5.74) is 10.2. The lowest BCUT2D eigenvalue weighted by Crippen LogP contribution is -2.43. The van der Waals surface area contributed by atoms with Gasteiger partial charge in [-0.15, -0.1) is 0 Å². The summed E-state index contributed by atoms with van der Waals surface area (Å²) >= 11 is 0. The van der Waals surface area contributed by atoms with Gasteiger partial charge in [0.1, 0.15) is 0 Å². The maximum absolute atomic E-state index is 8.99. The fraction of sp³-hybridized carbons (Fsp3) is 0.333. The van der Waals surface area contributed by atoms with Gasteiger partial charge < -0.3 is 15.6 Å². The van der Waals surface area contributed by atoms with Crippen LogP contribution in [0.15, 0.2) is 48.5 Å². The molecule has 0 aliphatic heterocycles. The number of nitrogens with zero attached hydrogens (tertiary/aromatic N) is 3. The molecule has 1 saturated carbocycles. The number of fused-ring (bicyclic) bond motifs is 1. The summed E-state index contributed by atoms with van der Waals surface area (Å²) in [7, 11) is 0. The van der Waals surface area contributed by atoms with Gasteiger partial charge in [0, 0.05) is 12.1 Å². The average molecular weight is 345 g/mol. The SMILES string of the molecule is N#Cc1ccc(Cn2c(N[C@@H]3CCCC[C@@H]3N)nc3ccccc32)cc1. The van der Waals surface area contributed by atoms with E-state index in [9.17, 15) is 0 Å². The summed E-state index contributed by atoms with van der Waals surface area (Å²) in [6, 6.07) is 18.5. The van der Waals surface area contributed by atoms with Crippen LogP contribution in [0.1, 0.15) is 36.8 Å². The van der Waals surface area contributed by atoms with Crippen LogP contribution < -0.4 is 11.1 Å².